The van der Waals surface area contributed by atoms with Crippen molar-refractivity contribution < 1.29 is 9.63 Å². The molecule has 0 aromatic heterocycles. The first-order chi connectivity index (χ1) is 11.0. The van der Waals surface area contributed by atoms with Gasteiger partial charge >= 0.3 is 0 Å². The molecular formula is C18H21N3O2. The van der Waals surface area contributed by atoms with Gasteiger partial charge in [0.2, 0.25) is 0 Å². The lowest BCUT2D eigenvalue weighted by molar-refractivity contribution is 0.102. The maximum atomic E-state index is 12.2. The third-order valence-electron chi connectivity index (χ3n) is 3.50. The van der Waals surface area contributed by atoms with Gasteiger partial charge in [-0.3, -0.25) is 4.79 Å². The molecule has 5 heteroatoms. The van der Waals surface area contributed by atoms with Crippen LogP contribution in [0, 0.1) is 6.92 Å². The Hall–Kier alpha value is -2.82. The van der Waals surface area contributed by atoms with Crippen molar-refractivity contribution in [2.45, 2.75) is 13.8 Å². The lowest BCUT2D eigenvalue weighted by Gasteiger charge is -2.18. The van der Waals surface area contributed by atoms with E-state index >= 15 is 0 Å². The van der Waals surface area contributed by atoms with Gasteiger partial charge in [-0.05, 0) is 50.2 Å². The number of benzene rings is 2. The largest absolute Gasteiger partial charge is 0.398 e. The van der Waals surface area contributed by atoms with Gasteiger partial charge in [-0.1, -0.05) is 22.9 Å². The quantitative estimate of drug-likeness (QED) is 0.532. The third kappa shape index (κ3) is 4.32. The molecule has 0 aliphatic rings. The number of oxime groups is 1. The molecule has 1 amide bonds. The van der Waals surface area contributed by atoms with Gasteiger partial charge in [-0.15, -0.1) is 0 Å². The molecule has 2 rings (SSSR count). The Kier molecular flexibility index (Phi) is 5.36. The molecule has 120 valence electrons. The number of hydrogen-bond donors (Lipinski definition) is 1. The molecule has 0 radical (unpaired) electrons. The van der Waals surface area contributed by atoms with Crippen molar-refractivity contribution in [3.63, 3.8) is 0 Å². The van der Waals surface area contributed by atoms with Gasteiger partial charge in [0.05, 0.1) is 0 Å². The fourth-order valence-electron chi connectivity index (χ4n) is 2.14. The predicted molar refractivity (Wildman–Crippen MR) is 94.1 cm³/mol. The third-order valence-corrected chi connectivity index (χ3v) is 3.50. The molecule has 0 atom stereocenters. The highest BCUT2D eigenvalue weighted by molar-refractivity contribution is 6.04. The minimum atomic E-state index is -0.119. The molecule has 0 saturated carbocycles. The van der Waals surface area contributed by atoms with Crippen molar-refractivity contribution in [1.29, 1.82) is 0 Å². The van der Waals surface area contributed by atoms with Crippen LogP contribution in [-0.4, -0.2) is 25.9 Å². The first kappa shape index (κ1) is 16.5. The van der Waals surface area contributed by atoms with Gasteiger partial charge in [0.25, 0.3) is 5.91 Å². The van der Waals surface area contributed by atoms with Gasteiger partial charge in [-0.2, -0.15) is 0 Å². The summed E-state index contributed by atoms with van der Waals surface area (Å²) in [5, 5.41) is 6.79. The van der Waals surface area contributed by atoms with Gasteiger partial charge in [0.1, 0.15) is 12.9 Å². The number of rotatable bonds is 4. The van der Waals surface area contributed by atoms with Gasteiger partial charge in [0.15, 0.2) is 0 Å². The van der Waals surface area contributed by atoms with Gasteiger partial charge < -0.3 is 15.1 Å². The van der Waals surface area contributed by atoms with Crippen LogP contribution in [0.25, 0.3) is 0 Å². The molecule has 0 unspecified atom stereocenters. The van der Waals surface area contributed by atoms with Crippen LogP contribution in [0.2, 0.25) is 0 Å². The van der Waals surface area contributed by atoms with Crippen molar-refractivity contribution in [2.24, 2.45) is 5.16 Å². The number of hydrogen-bond acceptors (Lipinski definition) is 3. The second-order valence-electron chi connectivity index (χ2n) is 5.25. The van der Waals surface area contributed by atoms with Gasteiger partial charge in [0, 0.05) is 24.0 Å². The zero-order chi connectivity index (χ0) is 16.8. The first-order valence-electron chi connectivity index (χ1n) is 7.31. The zero-order valence-corrected chi connectivity index (χ0v) is 13.8. The van der Waals surface area contributed by atoms with Crippen LogP contribution in [0.3, 0.4) is 0 Å². The number of nitrogens with one attached hydrogen (secondary N) is 1. The summed E-state index contributed by atoms with van der Waals surface area (Å²) in [4.78, 5) is 18.9. The number of nitrogens with zero attached hydrogens (tertiary/aromatic N) is 2. The summed E-state index contributed by atoms with van der Waals surface area (Å²) in [6, 6.07) is 15.1. The van der Waals surface area contributed by atoms with Crippen molar-refractivity contribution in [3.8, 4) is 0 Å². The second kappa shape index (κ2) is 7.45. The number of carbonyl (C=O) groups excluding carboxylic acids is 1. The van der Waals surface area contributed by atoms with Crippen LogP contribution in [0.1, 0.15) is 22.8 Å². The molecule has 0 saturated heterocycles. The lowest BCUT2D eigenvalue weighted by Crippen LogP contribution is -2.23. The molecule has 2 aromatic carbocycles. The summed E-state index contributed by atoms with van der Waals surface area (Å²) >= 11 is 0. The summed E-state index contributed by atoms with van der Waals surface area (Å²) in [5.74, 6) is 0.621. The fraction of sp³-hybridized carbons (Fsp3) is 0.222. The molecular weight excluding hydrogens is 290 g/mol. The summed E-state index contributed by atoms with van der Waals surface area (Å²) in [5.41, 5.74) is 3.41. The zero-order valence-electron chi connectivity index (χ0n) is 13.8. The van der Waals surface area contributed by atoms with Crippen molar-refractivity contribution >= 4 is 23.1 Å². The molecule has 0 spiro atoms. The normalized spacial score (nSPS) is 11.0. The highest BCUT2D eigenvalue weighted by atomic mass is 16.6. The lowest BCUT2D eigenvalue weighted by atomic mass is 10.1. The van der Waals surface area contributed by atoms with E-state index in [0.29, 0.717) is 5.56 Å². The minimum Gasteiger partial charge on any atom is -0.398 e. The number of carbonyl (C=O) groups is 1. The van der Waals surface area contributed by atoms with Crippen LogP contribution in [0.4, 0.5) is 11.4 Å². The summed E-state index contributed by atoms with van der Waals surface area (Å²) in [6.45, 7) is 3.82. The molecule has 23 heavy (non-hydrogen) atoms. The second-order valence-corrected chi connectivity index (χ2v) is 5.25. The van der Waals surface area contributed by atoms with E-state index in [9.17, 15) is 4.79 Å². The fourth-order valence-corrected chi connectivity index (χ4v) is 2.14. The van der Waals surface area contributed by atoms with Crippen LogP contribution in [0.5, 0.6) is 0 Å². The Labute approximate surface area is 136 Å². The van der Waals surface area contributed by atoms with E-state index < -0.39 is 0 Å². The van der Waals surface area contributed by atoms with Crippen LogP contribution in [-0.2, 0) is 4.84 Å². The van der Waals surface area contributed by atoms with E-state index in [0.717, 1.165) is 22.8 Å². The van der Waals surface area contributed by atoms with Crippen LogP contribution < -0.4 is 10.2 Å². The number of amidine groups is 1. The highest BCUT2D eigenvalue weighted by Crippen LogP contribution is 2.18. The standard InChI is InChI=1S/C18H21N3O2/c1-13-6-5-7-15(12-13)18(22)19-16-8-10-17(11-9-16)21(3)14(2)20-23-4/h5-12H,1-4H3,(H,19,22). The van der Waals surface area contributed by atoms with E-state index in [4.69, 9.17) is 4.84 Å². The molecule has 1 N–H and O–H groups in total. The molecule has 5 nitrogen and oxygen atoms in total. The Bertz CT molecular complexity index is 708. The summed E-state index contributed by atoms with van der Waals surface area (Å²) < 4.78 is 0. The Balaban J connectivity index is 2.08. The molecule has 0 aliphatic carbocycles. The average molecular weight is 311 g/mol. The Morgan fingerprint density at radius 3 is 2.48 bits per heavy atom. The van der Waals surface area contributed by atoms with Crippen molar-refractivity contribution in [1.82, 2.24) is 0 Å². The smallest absolute Gasteiger partial charge is 0.255 e. The average Bonchev–Trinajstić information content (AvgIpc) is 2.55. The molecule has 0 fully saturated rings. The monoisotopic (exact) mass is 311 g/mol. The molecule has 0 heterocycles. The topological polar surface area (TPSA) is 53.9 Å². The van der Waals surface area contributed by atoms with E-state index in [-0.39, 0.29) is 5.91 Å². The first-order valence-corrected chi connectivity index (χ1v) is 7.31. The van der Waals surface area contributed by atoms with E-state index in [1.54, 1.807) is 6.07 Å². The SMILES string of the molecule is CON=C(C)N(C)c1ccc(NC(=O)c2cccc(C)c2)cc1. The van der Waals surface area contributed by atoms with Crippen LogP contribution in [0.15, 0.2) is 53.7 Å². The van der Waals surface area contributed by atoms with Crippen molar-refractivity contribution in [2.75, 3.05) is 24.4 Å². The number of anilines is 2. The Morgan fingerprint density at radius 1 is 1.17 bits per heavy atom. The molecule has 2 aromatic rings. The van der Waals surface area contributed by atoms with E-state index in [1.807, 2.05) is 68.3 Å². The van der Waals surface area contributed by atoms with E-state index in [1.165, 1.54) is 7.11 Å². The van der Waals surface area contributed by atoms with Crippen molar-refractivity contribution in [3.05, 3.63) is 59.7 Å². The van der Waals surface area contributed by atoms with Gasteiger partial charge in [-0.25, -0.2) is 0 Å². The predicted octanol–water partition coefficient (Wildman–Crippen LogP) is 3.66. The number of aryl methyl sites for hydroxylation is 1. The Morgan fingerprint density at radius 2 is 1.87 bits per heavy atom. The molecule has 0 aliphatic heterocycles. The highest BCUT2D eigenvalue weighted by Gasteiger charge is 2.08. The maximum Gasteiger partial charge on any atom is 0.255 e. The minimum absolute atomic E-state index is 0.119. The number of amides is 1. The molecule has 0 bridgehead atoms. The summed E-state index contributed by atoms with van der Waals surface area (Å²) in [7, 11) is 3.42. The van der Waals surface area contributed by atoms with Crippen LogP contribution >= 0.6 is 0 Å². The maximum absolute atomic E-state index is 12.2. The van der Waals surface area contributed by atoms with E-state index in [2.05, 4.69) is 10.5 Å². The summed E-state index contributed by atoms with van der Waals surface area (Å²) in [6.07, 6.45) is 0.